The van der Waals surface area contributed by atoms with Gasteiger partial charge in [0.15, 0.2) is 4.34 Å². The maximum Gasteiger partial charge on any atom is 0.341 e. The van der Waals surface area contributed by atoms with Crippen LogP contribution in [0.4, 0.5) is 10.1 Å². The van der Waals surface area contributed by atoms with E-state index in [0.29, 0.717) is 20.0 Å². The van der Waals surface area contributed by atoms with E-state index in [2.05, 4.69) is 15.5 Å². The van der Waals surface area contributed by atoms with Crippen LogP contribution in [-0.4, -0.2) is 34.4 Å². The van der Waals surface area contributed by atoms with Gasteiger partial charge in [0.05, 0.1) is 17.9 Å². The lowest BCUT2D eigenvalue weighted by Crippen LogP contribution is -2.16. The van der Waals surface area contributed by atoms with Gasteiger partial charge in [-0.2, -0.15) is 0 Å². The molecule has 3 N–H and O–H groups in total. The van der Waals surface area contributed by atoms with E-state index in [4.69, 9.17) is 10.5 Å². The Kier molecular flexibility index (Phi) is 5.97. The highest BCUT2D eigenvalue weighted by Crippen LogP contribution is 2.33. The molecule has 0 aliphatic rings. The van der Waals surface area contributed by atoms with Gasteiger partial charge in [0.2, 0.25) is 11.0 Å². The summed E-state index contributed by atoms with van der Waals surface area (Å²) in [4.78, 5) is 25.1. The van der Waals surface area contributed by atoms with Crippen LogP contribution in [0.1, 0.15) is 27.7 Å². The molecule has 0 radical (unpaired) electrons. The van der Waals surface area contributed by atoms with Crippen LogP contribution in [0, 0.1) is 13.8 Å². The molecule has 7 nitrogen and oxygen atoms in total. The number of thiophene rings is 1. The van der Waals surface area contributed by atoms with Crippen LogP contribution >= 0.6 is 34.4 Å². The Balaban J connectivity index is 2.05. The monoisotopic (exact) mass is 372 g/mol. The molecule has 2 aromatic heterocycles. The summed E-state index contributed by atoms with van der Waals surface area (Å²) in [6.07, 6.45) is 0. The number of aryl methyl sites for hydroxylation is 1. The lowest BCUT2D eigenvalue weighted by Gasteiger charge is -2.06. The largest absolute Gasteiger partial charge is 0.462 e. The third-order valence-electron chi connectivity index (χ3n) is 2.87. The average Bonchev–Trinajstić information content (AvgIpc) is 3.01. The number of rotatable bonds is 6. The molecular weight excluding hydrogens is 356 g/mol. The molecule has 23 heavy (non-hydrogen) atoms. The van der Waals surface area contributed by atoms with Gasteiger partial charge in [-0.15, -0.1) is 21.5 Å². The van der Waals surface area contributed by atoms with Crippen molar-refractivity contribution in [3.63, 3.8) is 0 Å². The summed E-state index contributed by atoms with van der Waals surface area (Å²) in [6, 6.07) is 0. The fourth-order valence-corrected chi connectivity index (χ4v) is 4.23. The molecule has 0 saturated carbocycles. The third-order valence-corrected chi connectivity index (χ3v) is 5.88. The number of amides is 1. The second-order valence-electron chi connectivity index (χ2n) is 4.45. The number of nitrogens with zero attached hydrogens (tertiary/aromatic N) is 2. The van der Waals surface area contributed by atoms with Crippen molar-refractivity contribution < 1.29 is 14.3 Å². The molecule has 0 spiro atoms. The molecule has 0 unspecified atom stereocenters. The number of hydrogen-bond donors (Lipinski definition) is 2. The van der Waals surface area contributed by atoms with Gasteiger partial charge >= 0.3 is 5.97 Å². The Hall–Kier alpha value is -1.65. The second kappa shape index (κ2) is 7.75. The van der Waals surface area contributed by atoms with E-state index in [1.54, 1.807) is 6.92 Å². The molecule has 2 rings (SSSR count). The summed E-state index contributed by atoms with van der Waals surface area (Å²) in [5.41, 5.74) is 6.74. The molecule has 0 atom stereocenters. The van der Waals surface area contributed by atoms with Crippen molar-refractivity contribution in [1.29, 1.82) is 0 Å². The zero-order valence-corrected chi connectivity index (χ0v) is 15.3. The van der Waals surface area contributed by atoms with Gasteiger partial charge in [0.25, 0.3) is 0 Å². The van der Waals surface area contributed by atoms with E-state index in [-0.39, 0.29) is 18.3 Å². The standard InChI is InChI=1S/C13H16N4O3S3/c1-4-20-11(19)9-6(2)7(3)22-10(9)15-8(18)5-21-13-17-16-12(14)23-13/h4-5H2,1-3H3,(H2,14,16)(H,15,18). The molecule has 2 heterocycles. The Morgan fingerprint density at radius 3 is 2.65 bits per heavy atom. The van der Waals surface area contributed by atoms with Crippen molar-refractivity contribution >= 4 is 56.4 Å². The first-order valence-electron chi connectivity index (χ1n) is 6.71. The second-order valence-corrected chi connectivity index (χ2v) is 7.91. The number of esters is 1. The third kappa shape index (κ3) is 4.43. The van der Waals surface area contributed by atoms with Gasteiger partial charge in [0, 0.05) is 4.88 Å². The zero-order chi connectivity index (χ0) is 17.0. The summed E-state index contributed by atoms with van der Waals surface area (Å²) in [6.45, 7) is 5.77. The summed E-state index contributed by atoms with van der Waals surface area (Å²) < 4.78 is 5.68. The molecule has 2 aromatic rings. The normalized spacial score (nSPS) is 10.6. The first-order chi connectivity index (χ1) is 10.9. The van der Waals surface area contributed by atoms with Gasteiger partial charge in [-0.3, -0.25) is 4.79 Å². The molecule has 1 amide bonds. The van der Waals surface area contributed by atoms with Crippen molar-refractivity contribution in [2.24, 2.45) is 0 Å². The minimum absolute atomic E-state index is 0.160. The number of nitrogens with two attached hydrogens (primary N) is 1. The quantitative estimate of drug-likeness (QED) is 0.593. The van der Waals surface area contributed by atoms with Gasteiger partial charge in [-0.05, 0) is 26.3 Å². The van der Waals surface area contributed by atoms with Crippen LogP contribution in [0.5, 0.6) is 0 Å². The number of hydrogen-bond acceptors (Lipinski definition) is 9. The number of ether oxygens (including phenoxy) is 1. The van der Waals surface area contributed by atoms with Crippen molar-refractivity contribution in [3.8, 4) is 0 Å². The fraction of sp³-hybridized carbons (Fsp3) is 0.385. The molecule has 124 valence electrons. The number of aromatic nitrogens is 2. The average molecular weight is 372 g/mol. The topological polar surface area (TPSA) is 107 Å². The first-order valence-corrected chi connectivity index (χ1v) is 9.33. The zero-order valence-electron chi connectivity index (χ0n) is 12.8. The lowest BCUT2D eigenvalue weighted by molar-refractivity contribution is -0.113. The summed E-state index contributed by atoms with van der Waals surface area (Å²) in [7, 11) is 0. The maximum absolute atomic E-state index is 12.1. The van der Waals surface area contributed by atoms with Crippen LogP contribution in [0.3, 0.4) is 0 Å². The molecular formula is C13H16N4O3S3. The van der Waals surface area contributed by atoms with Crippen molar-refractivity contribution in [2.75, 3.05) is 23.4 Å². The van der Waals surface area contributed by atoms with Gasteiger partial charge in [0.1, 0.15) is 5.00 Å². The number of nitrogen functional groups attached to an aromatic ring is 1. The molecule has 0 fully saturated rings. The molecule has 0 saturated heterocycles. The Labute approximate surface area is 145 Å². The number of thioether (sulfide) groups is 1. The van der Waals surface area contributed by atoms with E-state index >= 15 is 0 Å². The van der Waals surface area contributed by atoms with E-state index < -0.39 is 5.97 Å². The molecule has 0 bridgehead atoms. The van der Waals surface area contributed by atoms with Crippen molar-refractivity contribution in [2.45, 2.75) is 25.1 Å². The molecule has 0 aliphatic heterocycles. The van der Waals surface area contributed by atoms with Gasteiger partial charge in [-0.25, -0.2) is 4.79 Å². The van der Waals surface area contributed by atoms with Crippen LogP contribution in [-0.2, 0) is 9.53 Å². The highest BCUT2D eigenvalue weighted by atomic mass is 32.2. The predicted molar refractivity (Wildman–Crippen MR) is 93.4 cm³/mol. The summed E-state index contributed by atoms with van der Waals surface area (Å²) >= 11 is 3.83. The van der Waals surface area contributed by atoms with Crippen LogP contribution in [0.15, 0.2) is 4.34 Å². The Morgan fingerprint density at radius 2 is 2.04 bits per heavy atom. The fourth-order valence-electron chi connectivity index (χ4n) is 1.73. The van der Waals surface area contributed by atoms with Crippen LogP contribution in [0.2, 0.25) is 0 Å². The van der Waals surface area contributed by atoms with Gasteiger partial charge < -0.3 is 15.8 Å². The minimum atomic E-state index is -0.422. The predicted octanol–water partition coefficient (Wildman–Crippen LogP) is 2.71. The molecule has 0 aromatic carbocycles. The highest BCUT2D eigenvalue weighted by Gasteiger charge is 2.22. The number of carbonyl (C=O) groups is 2. The minimum Gasteiger partial charge on any atom is -0.462 e. The smallest absolute Gasteiger partial charge is 0.341 e. The van der Waals surface area contributed by atoms with Crippen LogP contribution < -0.4 is 11.1 Å². The summed E-state index contributed by atoms with van der Waals surface area (Å²) in [5.74, 6) is -0.489. The lowest BCUT2D eigenvalue weighted by atomic mass is 10.1. The maximum atomic E-state index is 12.1. The van der Waals surface area contributed by atoms with E-state index in [0.717, 1.165) is 10.4 Å². The van der Waals surface area contributed by atoms with Crippen molar-refractivity contribution in [1.82, 2.24) is 10.2 Å². The number of nitrogens with one attached hydrogen (secondary N) is 1. The summed E-state index contributed by atoms with van der Waals surface area (Å²) in [5, 5.41) is 11.2. The molecule has 0 aliphatic carbocycles. The number of carbonyl (C=O) groups excluding carboxylic acids is 2. The number of anilines is 2. The first kappa shape index (κ1) is 17.7. The Morgan fingerprint density at radius 1 is 1.30 bits per heavy atom. The Bertz CT molecular complexity index is 726. The molecule has 10 heteroatoms. The van der Waals surface area contributed by atoms with E-state index in [1.807, 2.05) is 13.8 Å². The van der Waals surface area contributed by atoms with Crippen molar-refractivity contribution in [3.05, 3.63) is 16.0 Å². The SMILES string of the molecule is CCOC(=O)c1c(NC(=O)CSc2nnc(N)s2)sc(C)c1C. The van der Waals surface area contributed by atoms with Crippen LogP contribution in [0.25, 0.3) is 0 Å². The van der Waals surface area contributed by atoms with E-state index in [9.17, 15) is 9.59 Å². The van der Waals surface area contributed by atoms with Gasteiger partial charge in [-0.1, -0.05) is 23.1 Å². The van der Waals surface area contributed by atoms with E-state index in [1.165, 1.54) is 34.4 Å². The highest BCUT2D eigenvalue weighted by molar-refractivity contribution is 8.01.